The van der Waals surface area contributed by atoms with Crippen LogP contribution in [0.15, 0.2) is 4.79 Å². The predicted molar refractivity (Wildman–Crippen MR) is 52.6 cm³/mol. The van der Waals surface area contributed by atoms with Gasteiger partial charge in [0.1, 0.15) is 0 Å². The Kier molecular flexibility index (Phi) is 2.97. The van der Waals surface area contributed by atoms with Crippen molar-refractivity contribution in [3.05, 3.63) is 21.9 Å². The summed E-state index contributed by atoms with van der Waals surface area (Å²) >= 11 is 0. The maximum Gasteiger partial charge on any atom is 0.325 e. The van der Waals surface area contributed by atoms with Crippen LogP contribution < -0.4 is 5.69 Å². The van der Waals surface area contributed by atoms with Crippen LogP contribution in [0.1, 0.15) is 24.7 Å². The Bertz CT molecular complexity index is 401. The summed E-state index contributed by atoms with van der Waals surface area (Å²) in [5.74, 6) is 5.74. The SMILES string of the molecule is CC#CCCn1c(C)c(C)[nH]c1=O. The maximum atomic E-state index is 11.3. The van der Waals surface area contributed by atoms with E-state index in [-0.39, 0.29) is 5.69 Å². The molecule has 13 heavy (non-hydrogen) atoms. The fraction of sp³-hybridized carbons (Fsp3) is 0.500. The first-order valence-corrected chi connectivity index (χ1v) is 4.32. The lowest BCUT2D eigenvalue weighted by molar-refractivity contribution is 0.672. The average molecular weight is 178 g/mol. The van der Waals surface area contributed by atoms with Gasteiger partial charge < -0.3 is 4.98 Å². The summed E-state index contributed by atoms with van der Waals surface area (Å²) in [6.45, 7) is 6.32. The number of hydrogen-bond acceptors (Lipinski definition) is 1. The van der Waals surface area contributed by atoms with Gasteiger partial charge in [-0.1, -0.05) is 0 Å². The molecule has 0 bridgehead atoms. The van der Waals surface area contributed by atoms with Crippen LogP contribution >= 0.6 is 0 Å². The largest absolute Gasteiger partial charge is 0.325 e. The molecule has 0 saturated carbocycles. The number of nitrogens with zero attached hydrogens (tertiary/aromatic N) is 1. The Morgan fingerprint density at radius 1 is 1.46 bits per heavy atom. The van der Waals surface area contributed by atoms with Crippen LogP contribution in [0.25, 0.3) is 0 Å². The highest BCUT2D eigenvalue weighted by molar-refractivity contribution is 5.09. The molecule has 0 amide bonds. The van der Waals surface area contributed by atoms with Crippen molar-refractivity contribution in [2.45, 2.75) is 33.7 Å². The van der Waals surface area contributed by atoms with E-state index < -0.39 is 0 Å². The van der Waals surface area contributed by atoms with E-state index in [0.29, 0.717) is 6.54 Å². The molecule has 0 radical (unpaired) electrons. The first-order valence-electron chi connectivity index (χ1n) is 4.32. The number of aromatic nitrogens is 2. The molecule has 1 heterocycles. The van der Waals surface area contributed by atoms with Gasteiger partial charge in [-0.05, 0) is 20.8 Å². The number of rotatable bonds is 2. The van der Waals surface area contributed by atoms with Crippen molar-refractivity contribution in [2.75, 3.05) is 0 Å². The molecule has 3 heteroatoms. The minimum Gasteiger partial charge on any atom is -0.310 e. The summed E-state index contributed by atoms with van der Waals surface area (Å²) in [6, 6.07) is 0. The van der Waals surface area contributed by atoms with E-state index in [9.17, 15) is 4.79 Å². The number of hydrogen-bond donors (Lipinski definition) is 1. The second kappa shape index (κ2) is 3.99. The van der Waals surface area contributed by atoms with E-state index in [2.05, 4.69) is 16.8 Å². The second-order valence-electron chi connectivity index (χ2n) is 2.97. The molecule has 0 aliphatic rings. The molecule has 1 rings (SSSR count). The number of nitrogens with one attached hydrogen (secondary N) is 1. The molecule has 0 aromatic carbocycles. The highest BCUT2D eigenvalue weighted by atomic mass is 16.1. The van der Waals surface area contributed by atoms with Crippen molar-refractivity contribution in [3.8, 4) is 11.8 Å². The first-order chi connectivity index (χ1) is 6.16. The quantitative estimate of drug-likeness (QED) is 0.679. The maximum absolute atomic E-state index is 11.3. The minimum absolute atomic E-state index is 0.0343. The Labute approximate surface area is 77.8 Å². The monoisotopic (exact) mass is 178 g/mol. The molecule has 1 aromatic heterocycles. The zero-order valence-corrected chi connectivity index (χ0v) is 8.27. The van der Waals surface area contributed by atoms with Crippen molar-refractivity contribution < 1.29 is 0 Å². The Hall–Kier alpha value is -1.43. The van der Waals surface area contributed by atoms with Gasteiger partial charge in [-0.25, -0.2) is 4.79 Å². The second-order valence-corrected chi connectivity index (χ2v) is 2.97. The third-order valence-corrected chi connectivity index (χ3v) is 2.12. The molecule has 0 aliphatic carbocycles. The Morgan fingerprint density at radius 3 is 2.62 bits per heavy atom. The molecule has 0 fully saturated rings. The third kappa shape index (κ3) is 2.03. The van der Waals surface area contributed by atoms with Crippen LogP contribution in [0.2, 0.25) is 0 Å². The van der Waals surface area contributed by atoms with Crippen molar-refractivity contribution in [3.63, 3.8) is 0 Å². The normalized spacial score (nSPS) is 9.46. The fourth-order valence-electron chi connectivity index (χ4n) is 1.24. The zero-order valence-electron chi connectivity index (χ0n) is 8.27. The molecule has 0 aliphatic heterocycles. The van der Waals surface area contributed by atoms with Crippen molar-refractivity contribution in [2.24, 2.45) is 0 Å². The molecule has 1 aromatic rings. The topological polar surface area (TPSA) is 37.8 Å². The number of aromatic amines is 1. The summed E-state index contributed by atoms with van der Waals surface area (Å²) in [7, 11) is 0. The Morgan fingerprint density at radius 2 is 2.15 bits per heavy atom. The number of aryl methyl sites for hydroxylation is 1. The van der Waals surface area contributed by atoms with E-state index in [1.165, 1.54) is 0 Å². The van der Waals surface area contributed by atoms with E-state index >= 15 is 0 Å². The molecule has 0 saturated heterocycles. The minimum atomic E-state index is -0.0343. The summed E-state index contributed by atoms with van der Waals surface area (Å²) in [5.41, 5.74) is 1.91. The molecule has 0 spiro atoms. The molecule has 0 unspecified atom stereocenters. The van der Waals surface area contributed by atoms with Crippen LogP contribution in [-0.4, -0.2) is 9.55 Å². The van der Waals surface area contributed by atoms with Gasteiger partial charge in [-0.15, -0.1) is 11.8 Å². The smallest absolute Gasteiger partial charge is 0.310 e. The van der Waals surface area contributed by atoms with Gasteiger partial charge in [-0.3, -0.25) is 4.57 Å². The lowest BCUT2D eigenvalue weighted by Gasteiger charge is -1.99. The first kappa shape index (κ1) is 9.66. The zero-order chi connectivity index (χ0) is 9.84. The van der Waals surface area contributed by atoms with Crippen LogP contribution in [0, 0.1) is 25.7 Å². The van der Waals surface area contributed by atoms with Gasteiger partial charge >= 0.3 is 5.69 Å². The van der Waals surface area contributed by atoms with Crippen molar-refractivity contribution in [1.82, 2.24) is 9.55 Å². The highest BCUT2D eigenvalue weighted by Gasteiger charge is 2.04. The molecule has 70 valence electrons. The number of H-pyrrole nitrogens is 1. The van der Waals surface area contributed by atoms with E-state index in [1.807, 2.05) is 13.8 Å². The van der Waals surface area contributed by atoms with Crippen LogP contribution in [0.4, 0.5) is 0 Å². The lowest BCUT2D eigenvalue weighted by Crippen LogP contribution is -2.17. The van der Waals surface area contributed by atoms with Gasteiger partial charge in [-0.2, -0.15) is 0 Å². The standard InChI is InChI=1S/C10H14N2O/c1-4-5-6-7-12-9(3)8(2)11-10(12)13/h6-7H2,1-3H3,(H,11,13). The van der Waals surface area contributed by atoms with Gasteiger partial charge in [0.05, 0.1) is 0 Å². The van der Waals surface area contributed by atoms with Crippen LogP contribution in [-0.2, 0) is 6.54 Å². The third-order valence-electron chi connectivity index (χ3n) is 2.12. The lowest BCUT2D eigenvalue weighted by atomic mass is 10.3. The molecule has 3 nitrogen and oxygen atoms in total. The van der Waals surface area contributed by atoms with Crippen molar-refractivity contribution in [1.29, 1.82) is 0 Å². The summed E-state index contributed by atoms with van der Waals surface area (Å²) in [4.78, 5) is 14.1. The highest BCUT2D eigenvalue weighted by Crippen LogP contribution is 2.00. The predicted octanol–water partition coefficient (Wildman–Crippen LogP) is 1.21. The Balaban J connectivity index is 2.86. The molecular formula is C10H14N2O. The van der Waals surface area contributed by atoms with E-state index in [1.54, 1.807) is 11.5 Å². The summed E-state index contributed by atoms with van der Waals surface area (Å²) in [5, 5.41) is 0. The molecular weight excluding hydrogens is 164 g/mol. The molecule has 0 atom stereocenters. The van der Waals surface area contributed by atoms with Crippen molar-refractivity contribution >= 4 is 0 Å². The summed E-state index contributed by atoms with van der Waals surface area (Å²) < 4.78 is 1.72. The van der Waals surface area contributed by atoms with Gasteiger partial charge in [0.2, 0.25) is 0 Å². The number of imidazole rings is 1. The van der Waals surface area contributed by atoms with E-state index in [4.69, 9.17) is 0 Å². The van der Waals surface area contributed by atoms with Crippen LogP contribution in [0.3, 0.4) is 0 Å². The van der Waals surface area contributed by atoms with Crippen LogP contribution in [0.5, 0.6) is 0 Å². The van der Waals surface area contributed by atoms with Gasteiger partial charge in [0.15, 0.2) is 0 Å². The van der Waals surface area contributed by atoms with Gasteiger partial charge in [0, 0.05) is 24.4 Å². The van der Waals surface area contributed by atoms with E-state index in [0.717, 1.165) is 17.8 Å². The van der Waals surface area contributed by atoms with Gasteiger partial charge in [0.25, 0.3) is 0 Å². The fourth-order valence-corrected chi connectivity index (χ4v) is 1.24. The summed E-state index contributed by atoms with van der Waals surface area (Å²) in [6.07, 6.45) is 0.731. The molecule has 1 N–H and O–H groups in total. The average Bonchev–Trinajstić information content (AvgIpc) is 2.32.